The van der Waals surface area contributed by atoms with Gasteiger partial charge in [-0.25, -0.2) is 9.97 Å². The van der Waals surface area contributed by atoms with E-state index in [0.717, 1.165) is 16.7 Å². The Labute approximate surface area is 113 Å². The van der Waals surface area contributed by atoms with Crippen molar-refractivity contribution in [1.82, 2.24) is 15.0 Å². The Hall–Kier alpha value is -1.07. The maximum atomic E-state index is 6.11. The Bertz CT molecular complexity index is 486. The molecule has 0 bridgehead atoms. The molecule has 0 aliphatic heterocycles. The summed E-state index contributed by atoms with van der Waals surface area (Å²) in [5.74, 6) is 1.55. The molecule has 2 aromatic heterocycles. The van der Waals surface area contributed by atoms with Crippen molar-refractivity contribution >= 4 is 33.3 Å². The summed E-state index contributed by atoms with van der Waals surface area (Å²) in [6.45, 7) is 2.08. The van der Waals surface area contributed by atoms with Gasteiger partial charge >= 0.3 is 0 Å². The minimum absolute atomic E-state index is 0.0798. The van der Waals surface area contributed by atoms with Crippen LogP contribution in [0.5, 0.6) is 0 Å². The van der Waals surface area contributed by atoms with Gasteiger partial charge in [0.15, 0.2) is 0 Å². The van der Waals surface area contributed by atoms with E-state index < -0.39 is 0 Å². The summed E-state index contributed by atoms with van der Waals surface area (Å²) in [4.78, 5) is 11.6. The Kier molecular flexibility index (Phi) is 4.02. The quantitative estimate of drug-likeness (QED) is 0.902. The minimum atomic E-state index is 0.0798. The molecule has 2 heterocycles. The van der Waals surface area contributed by atoms with Gasteiger partial charge in [-0.05, 0) is 28.4 Å². The Morgan fingerprint density at radius 3 is 2.94 bits per heavy atom. The third kappa shape index (κ3) is 2.98. The molecule has 2 aromatic rings. The van der Waals surface area contributed by atoms with Gasteiger partial charge in [0.2, 0.25) is 0 Å². The molecular formula is C11H12BrClN4. The second-order valence-electron chi connectivity index (χ2n) is 3.56. The Balaban J connectivity index is 2.19. The zero-order valence-corrected chi connectivity index (χ0v) is 11.6. The molecule has 0 radical (unpaired) electrons. The highest BCUT2D eigenvalue weighted by Crippen LogP contribution is 2.26. The number of aromatic nitrogens is 3. The summed E-state index contributed by atoms with van der Waals surface area (Å²) in [6, 6.07) is 1.89. The molecule has 0 aromatic carbocycles. The van der Waals surface area contributed by atoms with E-state index in [9.17, 15) is 0 Å². The van der Waals surface area contributed by atoms with Crippen LogP contribution < -0.4 is 5.32 Å². The fraction of sp³-hybridized carbons (Fsp3) is 0.273. The SMILES string of the molecule is CCC(Nc1ncc(Br)cc1Cl)c1ncc[nH]1. The van der Waals surface area contributed by atoms with Crippen LogP contribution >= 0.6 is 27.5 Å². The van der Waals surface area contributed by atoms with E-state index in [4.69, 9.17) is 11.6 Å². The molecule has 0 spiro atoms. The van der Waals surface area contributed by atoms with E-state index in [1.54, 1.807) is 18.6 Å². The molecule has 6 heteroatoms. The van der Waals surface area contributed by atoms with Crippen molar-refractivity contribution in [1.29, 1.82) is 0 Å². The van der Waals surface area contributed by atoms with Crippen molar-refractivity contribution < 1.29 is 0 Å². The molecule has 1 atom stereocenters. The van der Waals surface area contributed by atoms with Crippen LogP contribution in [0.3, 0.4) is 0 Å². The monoisotopic (exact) mass is 314 g/mol. The van der Waals surface area contributed by atoms with Crippen LogP contribution in [0.2, 0.25) is 5.02 Å². The van der Waals surface area contributed by atoms with Crippen LogP contribution in [0.1, 0.15) is 25.2 Å². The van der Waals surface area contributed by atoms with Crippen molar-refractivity contribution in [3.8, 4) is 0 Å². The number of halogens is 2. The lowest BCUT2D eigenvalue weighted by Crippen LogP contribution is -2.12. The van der Waals surface area contributed by atoms with E-state index in [2.05, 4.69) is 43.1 Å². The van der Waals surface area contributed by atoms with Gasteiger partial charge in [0.25, 0.3) is 0 Å². The maximum absolute atomic E-state index is 6.11. The second-order valence-corrected chi connectivity index (χ2v) is 4.89. The van der Waals surface area contributed by atoms with Crippen molar-refractivity contribution in [3.63, 3.8) is 0 Å². The molecule has 2 N–H and O–H groups in total. The highest BCUT2D eigenvalue weighted by Gasteiger charge is 2.13. The third-order valence-corrected chi connectivity index (χ3v) is 3.10. The van der Waals surface area contributed by atoms with Gasteiger partial charge in [-0.1, -0.05) is 18.5 Å². The van der Waals surface area contributed by atoms with Gasteiger partial charge in [0, 0.05) is 23.1 Å². The zero-order chi connectivity index (χ0) is 12.3. The fourth-order valence-electron chi connectivity index (χ4n) is 1.52. The number of pyridine rings is 1. The van der Waals surface area contributed by atoms with Crippen LogP contribution in [-0.4, -0.2) is 15.0 Å². The van der Waals surface area contributed by atoms with Gasteiger partial charge in [-0.3, -0.25) is 0 Å². The van der Waals surface area contributed by atoms with Crippen molar-refractivity contribution in [3.05, 3.63) is 40.0 Å². The maximum Gasteiger partial charge on any atom is 0.145 e. The largest absolute Gasteiger partial charge is 0.359 e. The van der Waals surface area contributed by atoms with Crippen molar-refractivity contribution in [2.24, 2.45) is 0 Å². The summed E-state index contributed by atoms with van der Waals surface area (Å²) < 4.78 is 0.860. The van der Waals surface area contributed by atoms with Crippen LogP contribution in [0, 0.1) is 0 Å². The normalized spacial score (nSPS) is 12.4. The number of nitrogens with one attached hydrogen (secondary N) is 2. The molecule has 90 valence electrons. The number of anilines is 1. The lowest BCUT2D eigenvalue weighted by Gasteiger charge is -2.16. The summed E-state index contributed by atoms with van der Waals surface area (Å²) in [5.41, 5.74) is 0. The van der Waals surface area contributed by atoms with Gasteiger partial charge in [-0.15, -0.1) is 0 Å². The van der Waals surface area contributed by atoms with Crippen LogP contribution in [0.15, 0.2) is 29.1 Å². The van der Waals surface area contributed by atoms with E-state index in [-0.39, 0.29) is 6.04 Å². The fourth-order valence-corrected chi connectivity index (χ4v) is 2.20. The number of hydrogen-bond donors (Lipinski definition) is 2. The average molecular weight is 316 g/mol. The molecule has 1 unspecified atom stereocenters. The topological polar surface area (TPSA) is 53.6 Å². The highest BCUT2D eigenvalue weighted by atomic mass is 79.9. The van der Waals surface area contributed by atoms with Crippen molar-refractivity contribution in [2.45, 2.75) is 19.4 Å². The van der Waals surface area contributed by atoms with E-state index in [1.807, 2.05) is 6.07 Å². The molecule has 0 saturated heterocycles. The first kappa shape index (κ1) is 12.4. The summed E-state index contributed by atoms with van der Waals surface area (Å²) in [5, 5.41) is 3.86. The molecular weight excluding hydrogens is 304 g/mol. The highest BCUT2D eigenvalue weighted by molar-refractivity contribution is 9.10. The van der Waals surface area contributed by atoms with Gasteiger partial charge in [0.1, 0.15) is 11.6 Å². The lowest BCUT2D eigenvalue weighted by atomic mass is 10.2. The van der Waals surface area contributed by atoms with E-state index in [1.165, 1.54) is 0 Å². The number of H-pyrrole nitrogens is 1. The number of hydrogen-bond acceptors (Lipinski definition) is 3. The average Bonchev–Trinajstić information content (AvgIpc) is 2.81. The van der Waals surface area contributed by atoms with Crippen LogP contribution in [-0.2, 0) is 0 Å². The van der Waals surface area contributed by atoms with Crippen LogP contribution in [0.4, 0.5) is 5.82 Å². The predicted octanol–water partition coefficient (Wildman–Crippen LogP) is 3.78. The van der Waals surface area contributed by atoms with E-state index >= 15 is 0 Å². The standard InChI is InChI=1S/C11H12BrClN4/c1-2-9(11-14-3-4-15-11)17-10-8(13)5-7(12)6-16-10/h3-6,9H,2H2,1H3,(H,14,15)(H,16,17). The zero-order valence-electron chi connectivity index (χ0n) is 9.24. The minimum Gasteiger partial charge on any atom is -0.359 e. The third-order valence-electron chi connectivity index (χ3n) is 2.38. The first-order valence-electron chi connectivity index (χ1n) is 5.27. The molecule has 17 heavy (non-hydrogen) atoms. The molecule has 0 aliphatic carbocycles. The number of nitrogens with zero attached hydrogens (tertiary/aromatic N) is 2. The second kappa shape index (κ2) is 5.51. The number of rotatable bonds is 4. The van der Waals surface area contributed by atoms with Gasteiger partial charge in [0.05, 0.1) is 11.1 Å². The first-order valence-corrected chi connectivity index (χ1v) is 6.44. The number of imidazole rings is 1. The smallest absolute Gasteiger partial charge is 0.145 e. The van der Waals surface area contributed by atoms with Crippen molar-refractivity contribution in [2.75, 3.05) is 5.32 Å². The van der Waals surface area contributed by atoms with Gasteiger partial charge in [-0.2, -0.15) is 0 Å². The van der Waals surface area contributed by atoms with Gasteiger partial charge < -0.3 is 10.3 Å². The molecule has 2 rings (SSSR count). The predicted molar refractivity (Wildman–Crippen MR) is 72.2 cm³/mol. The summed E-state index contributed by atoms with van der Waals surface area (Å²) >= 11 is 9.43. The first-order chi connectivity index (χ1) is 8.20. The molecule has 0 fully saturated rings. The van der Waals surface area contributed by atoms with Crippen LogP contribution in [0.25, 0.3) is 0 Å². The van der Waals surface area contributed by atoms with E-state index in [0.29, 0.717) is 10.8 Å². The Morgan fingerprint density at radius 2 is 2.35 bits per heavy atom. The molecule has 0 aliphatic rings. The summed E-state index contributed by atoms with van der Waals surface area (Å²) in [6.07, 6.45) is 6.14. The molecule has 4 nitrogen and oxygen atoms in total. The summed E-state index contributed by atoms with van der Waals surface area (Å²) in [7, 11) is 0. The molecule has 0 amide bonds. The lowest BCUT2D eigenvalue weighted by molar-refractivity contribution is 0.700. The Morgan fingerprint density at radius 1 is 1.53 bits per heavy atom. The molecule has 0 saturated carbocycles. The number of aromatic amines is 1.